The van der Waals surface area contributed by atoms with Crippen LogP contribution in [0.4, 0.5) is 0 Å². The maximum Gasteiger partial charge on any atom is 0.144 e. The van der Waals surface area contributed by atoms with Crippen molar-refractivity contribution in [3.63, 3.8) is 0 Å². The Morgan fingerprint density at radius 1 is 0.944 bits per heavy atom. The normalized spacial score (nSPS) is 11.2. The molecule has 0 heterocycles. The van der Waals surface area contributed by atoms with E-state index < -0.39 is 4.75 Å². The lowest BCUT2D eigenvalue weighted by Crippen LogP contribution is -2.25. The molecule has 2 rings (SSSR count). The lowest BCUT2D eigenvalue weighted by atomic mass is 9.91. The SMILES string of the molecule is CCSC(C=O)(c1ccccc1)c1ccccc1. The summed E-state index contributed by atoms with van der Waals surface area (Å²) in [6.07, 6.45) is 1.06. The largest absolute Gasteiger partial charge is 0.301 e. The predicted molar refractivity (Wildman–Crippen MR) is 77.9 cm³/mol. The van der Waals surface area contributed by atoms with Gasteiger partial charge in [-0.05, 0) is 16.9 Å². The minimum atomic E-state index is -0.586. The Bertz CT molecular complexity index is 454. The molecule has 0 N–H and O–H groups in total. The highest BCUT2D eigenvalue weighted by molar-refractivity contribution is 8.01. The quantitative estimate of drug-likeness (QED) is 0.755. The second-order valence-electron chi connectivity index (χ2n) is 4.02. The third-order valence-electron chi connectivity index (χ3n) is 2.94. The first-order valence-corrected chi connectivity index (χ1v) is 7.03. The van der Waals surface area contributed by atoms with Gasteiger partial charge in [0.25, 0.3) is 0 Å². The van der Waals surface area contributed by atoms with Crippen molar-refractivity contribution >= 4 is 18.0 Å². The van der Waals surface area contributed by atoms with E-state index >= 15 is 0 Å². The zero-order valence-electron chi connectivity index (χ0n) is 10.4. The van der Waals surface area contributed by atoms with Crippen LogP contribution in [0.15, 0.2) is 60.7 Å². The highest BCUT2D eigenvalue weighted by atomic mass is 32.2. The molecule has 18 heavy (non-hydrogen) atoms. The van der Waals surface area contributed by atoms with Gasteiger partial charge in [0.1, 0.15) is 11.0 Å². The molecular formula is C16H16OS. The fourth-order valence-electron chi connectivity index (χ4n) is 2.10. The molecule has 0 radical (unpaired) electrons. The Morgan fingerprint density at radius 3 is 1.72 bits per heavy atom. The summed E-state index contributed by atoms with van der Waals surface area (Å²) >= 11 is 1.66. The summed E-state index contributed by atoms with van der Waals surface area (Å²) in [6.45, 7) is 2.08. The first-order chi connectivity index (χ1) is 8.83. The Kier molecular flexibility index (Phi) is 4.21. The third-order valence-corrected chi connectivity index (χ3v) is 4.25. The smallest absolute Gasteiger partial charge is 0.144 e. The summed E-state index contributed by atoms with van der Waals surface area (Å²) in [4.78, 5) is 11.8. The summed E-state index contributed by atoms with van der Waals surface area (Å²) in [6, 6.07) is 19.9. The second kappa shape index (κ2) is 5.87. The molecule has 0 aliphatic carbocycles. The van der Waals surface area contributed by atoms with Crippen molar-refractivity contribution in [2.24, 2.45) is 0 Å². The van der Waals surface area contributed by atoms with Crippen LogP contribution in [0.25, 0.3) is 0 Å². The van der Waals surface area contributed by atoms with E-state index in [1.165, 1.54) is 0 Å². The van der Waals surface area contributed by atoms with Crippen LogP contribution in [0.3, 0.4) is 0 Å². The van der Waals surface area contributed by atoms with Crippen molar-refractivity contribution in [3.05, 3.63) is 71.8 Å². The van der Waals surface area contributed by atoms with Crippen molar-refractivity contribution in [3.8, 4) is 0 Å². The molecule has 0 unspecified atom stereocenters. The van der Waals surface area contributed by atoms with Crippen LogP contribution in [0.2, 0.25) is 0 Å². The Hall–Kier alpha value is -1.54. The van der Waals surface area contributed by atoms with Crippen LogP contribution >= 0.6 is 11.8 Å². The Balaban J connectivity index is 2.57. The maximum absolute atomic E-state index is 11.8. The number of thioether (sulfide) groups is 1. The van der Waals surface area contributed by atoms with Crippen molar-refractivity contribution in [1.29, 1.82) is 0 Å². The summed E-state index contributed by atoms with van der Waals surface area (Å²) in [5.41, 5.74) is 2.08. The zero-order chi connectivity index (χ0) is 12.8. The first-order valence-electron chi connectivity index (χ1n) is 6.05. The van der Waals surface area contributed by atoms with Crippen LogP contribution in [-0.4, -0.2) is 12.0 Å². The molecule has 0 aliphatic rings. The van der Waals surface area contributed by atoms with Gasteiger partial charge in [-0.3, -0.25) is 0 Å². The van der Waals surface area contributed by atoms with Crippen molar-refractivity contribution < 1.29 is 4.79 Å². The van der Waals surface area contributed by atoms with Crippen LogP contribution in [0.5, 0.6) is 0 Å². The molecule has 0 bridgehead atoms. The summed E-state index contributed by atoms with van der Waals surface area (Å²) in [5.74, 6) is 0.891. The van der Waals surface area contributed by atoms with E-state index in [-0.39, 0.29) is 0 Å². The molecule has 0 amide bonds. The number of hydrogen-bond acceptors (Lipinski definition) is 2. The van der Waals surface area contributed by atoms with Gasteiger partial charge in [0.05, 0.1) is 0 Å². The average Bonchev–Trinajstić information content (AvgIpc) is 2.47. The summed E-state index contributed by atoms with van der Waals surface area (Å²) in [7, 11) is 0. The van der Waals surface area contributed by atoms with Gasteiger partial charge in [0.15, 0.2) is 0 Å². The van der Waals surface area contributed by atoms with Gasteiger partial charge in [-0.15, -0.1) is 11.8 Å². The van der Waals surface area contributed by atoms with Crippen LogP contribution in [0, 0.1) is 0 Å². The van der Waals surface area contributed by atoms with Crippen LogP contribution < -0.4 is 0 Å². The van der Waals surface area contributed by atoms with E-state index in [1.807, 2.05) is 60.7 Å². The standard InChI is InChI=1S/C16H16OS/c1-2-18-16(13-17,14-9-5-3-6-10-14)15-11-7-4-8-12-15/h3-13H,2H2,1H3. The third kappa shape index (κ3) is 2.34. The molecule has 1 nitrogen and oxygen atoms in total. The van der Waals surface area contributed by atoms with Crippen molar-refractivity contribution in [1.82, 2.24) is 0 Å². The predicted octanol–water partition coefficient (Wildman–Crippen LogP) is 3.88. The fraction of sp³-hybridized carbons (Fsp3) is 0.188. The molecule has 92 valence electrons. The molecule has 0 aromatic heterocycles. The first kappa shape index (κ1) is 12.9. The van der Waals surface area contributed by atoms with Crippen LogP contribution in [0.1, 0.15) is 18.1 Å². The van der Waals surface area contributed by atoms with E-state index in [0.717, 1.165) is 23.2 Å². The minimum absolute atomic E-state index is 0.586. The van der Waals surface area contributed by atoms with E-state index in [2.05, 4.69) is 6.92 Å². The van der Waals surface area contributed by atoms with Gasteiger partial charge in [-0.25, -0.2) is 0 Å². The van der Waals surface area contributed by atoms with Crippen LogP contribution in [-0.2, 0) is 9.54 Å². The highest BCUT2D eigenvalue weighted by Crippen LogP contribution is 2.40. The lowest BCUT2D eigenvalue weighted by Gasteiger charge is -2.28. The van der Waals surface area contributed by atoms with Gasteiger partial charge < -0.3 is 4.79 Å². The van der Waals surface area contributed by atoms with Gasteiger partial charge in [0.2, 0.25) is 0 Å². The molecule has 0 atom stereocenters. The topological polar surface area (TPSA) is 17.1 Å². The average molecular weight is 256 g/mol. The zero-order valence-corrected chi connectivity index (χ0v) is 11.2. The maximum atomic E-state index is 11.8. The number of rotatable bonds is 5. The minimum Gasteiger partial charge on any atom is -0.301 e. The molecule has 0 fully saturated rings. The number of hydrogen-bond donors (Lipinski definition) is 0. The molecule has 0 spiro atoms. The highest BCUT2D eigenvalue weighted by Gasteiger charge is 2.33. The molecule has 2 aromatic carbocycles. The van der Waals surface area contributed by atoms with E-state index in [4.69, 9.17) is 0 Å². The summed E-state index contributed by atoms with van der Waals surface area (Å²) < 4.78 is -0.586. The van der Waals surface area contributed by atoms with Gasteiger partial charge in [-0.1, -0.05) is 67.6 Å². The molecule has 2 heteroatoms. The molecule has 0 saturated carbocycles. The number of benzene rings is 2. The molecular weight excluding hydrogens is 240 g/mol. The van der Waals surface area contributed by atoms with E-state index in [9.17, 15) is 4.79 Å². The monoisotopic (exact) mass is 256 g/mol. The fourth-order valence-corrected chi connectivity index (χ4v) is 3.23. The molecule has 0 saturated heterocycles. The van der Waals surface area contributed by atoms with Gasteiger partial charge >= 0.3 is 0 Å². The van der Waals surface area contributed by atoms with Crippen molar-refractivity contribution in [2.45, 2.75) is 11.7 Å². The molecule has 0 aliphatic heterocycles. The number of carbonyl (C=O) groups excluding carboxylic acids is 1. The molecule has 2 aromatic rings. The Morgan fingerprint density at radius 2 is 1.39 bits per heavy atom. The number of carbonyl (C=O) groups is 1. The van der Waals surface area contributed by atoms with Gasteiger partial charge in [-0.2, -0.15) is 0 Å². The Labute approximate surface area is 112 Å². The summed E-state index contributed by atoms with van der Waals surface area (Å²) in [5, 5.41) is 0. The van der Waals surface area contributed by atoms with Gasteiger partial charge in [0, 0.05) is 0 Å². The second-order valence-corrected chi connectivity index (χ2v) is 5.53. The van der Waals surface area contributed by atoms with E-state index in [0.29, 0.717) is 0 Å². The van der Waals surface area contributed by atoms with Crippen molar-refractivity contribution in [2.75, 3.05) is 5.75 Å². The van der Waals surface area contributed by atoms with E-state index in [1.54, 1.807) is 11.8 Å². The lowest BCUT2D eigenvalue weighted by molar-refractivity contribution is -0.109. The number of aldehydes is 1.